The van der Waals surface area contributed by atoms with E-state index in [4.69, 9.17) is 4.74 Å². The number of hydrogen-bond acceptors (Lipinski definition) is 4. The van der Waals surface area contributed by atoms with Crippen molar-refractivity contribution in [3.05, 3.63) is 29.3 Å². The molecule has 1 heterocycles. The third kappa shape index (κ3) is 6.54. The molecule has 27 heavy (non-hydrogen) atoms. The van der Waals surface area contributed by atoms with Crippen LogP contribution < -0.4 is 10.1 Å². The van der Waals surface area contributed by atoms with E-state index in [1.54, 1.807) is 0 Å². The summed E-state index contributed by atoms with van der Waals surface area (Å²) in [7, 11) is 0. The van der Waals surface area contributed by atoms with E-state index in [1.165, 1.54) is 5.56 Å². The molecule has 0 aromatic heterocycles. The Hall–Kier alpha value is -2.08. The molecule has 150 valence electrons. The summed E-state index contributed by atoms with van der Waals surface area (Å²) in [6.07, 6.45) is 0.868. The molecule has 1 fully saturated rings. The zero-order valence-electron chi connectivity index (χ0n) is 17.1. The molecule has 0 unspecified atom stereocenters. The monoisotopic (exact) mass is 375 g/mol. The number of ether oxygens (including phenoxy) is 1. The lowest BCUT2D eigenvalue weighted by Gasteiger charge is -2.22. The average molecular weight is 376 g/mol. The number of likely N-dealkylation sites (N-methyl/N-ethyl adjacent to an activating group) is 1. The number of amides is 2. The summed E-state index contributed by atoms with van der Waals surface area (Å²) in [5.41, 5.74) is 2.25. The van der Waals surface area contributed by atoms with Crippen molar-refractivity contribution >= 4 is 11.8 Å². The normalized spacial score (nSPS) is 15.5. The maximum atomic E-state index is 12.6. The molecule has 1 aliphatic heterocycles. The van der Waals surface area contributed by atoms with E-state index in [0.29, 0.717) is 38.6 Å². The Kier molecular flexibility index (Phi) is 8.10. The zero-order chi connectivity index (χ0) is 19.8. The van der Waals surface area contributed by atoms with Crippen molar-refractivity contribution in [3.8, 4) is 5.75 Å². The largest absolute Gasteiger partial charge is 0.483 e. The molecule has 0 atom stereocenters. The Labute approximate surface area is 162 Å². The van der Waals surface area contributed by atoms with Crippen molar-refractivity contribution in [3.63, 3.8) is 0 Å². The number of carbonyl (C=O) groups excluding carboxylic acids is 2. The molecule has 0 saturated carbocycles. The molecule has 0 radical (unpaired) electrons. The number of carbonyl (C=O) groups is 2. The third-order valence-corrected chi connectivity index (χ3v) is 4.91. The van der Waals surface area contributed by atoms with Gasteiger partial charge in [0.2, 0.25) is 5.91 Å². The molecular weight excluding hydrogens is 342 g/mol. The van der Waals surface area contributed by atoms with Gasteiger partial charge in [0.25, 0.3) is 5.91 Å². The van der Waals surface area contributed by atoms with Crippen LogP contribution in [-0.4, -0.2) is 67.5 Å². The smallest absolute Gasteiger partial charge is 0.260 e. The highest BCUT2D eigenvalue weighted by atomic mass is 16.5. The van der Waals surface area contributed by atoms with E-state index < -0.39 is 0 Å². The summed E-state index contributed by atoms with van der Waals surface area (Å²) in [5, 5.41) is 2.82. The van der Waals surface area contributed by atoms with Crippen LogP contribution in [0.4, 0.5) is 0 Å². The summed E-state index contributed by atoms with van der Waals surface area (Å²) in [6.45, 7) is 12.2. The predicted molar refractivity (Wildman–Crippen MR) is 107 cm³/mol. The van der Waals surface area contributed by atoms with Crippen LogP contribution in [0.1, 0.15) is 44.2 Å². The molecule has 0 spiro atoms. The van der Waals surface area contributed by atoms with E-state index in [0.717, 1.165) is 24.3 Å². The van der Waals surface area contributed by atoms with Crippen molar-refractivity contribution < 1.29 is 14.3 Å². The first kappa shape index (κ1) is 21.2. The van der Waals surface area contributed by atoms with Gasteiger partial charge < -0.3 is 15.0 Å². The number of aryl methyl sites for hydroxylation is 1. The minimum absolute atomic E-state index is 0.00390. The second-order valence-corrected chi connectivity index (χ2v) is 7.43. The summed E-state index contributed by atoms with van der Waals surface area (Å²) in [6, 6.07) is 6.18. The van der Waals surface area contributed by atoms with Crippen LogP contribution >= 0.6 is 0 Å². The van der Waals surface area contributed by atoms with Crippen LogP contribution in [0.3, 0.4) is 0 Å². The van der Waals surface area contributed by atoms with Crippen molar-refractivity contribution in [1.82, 2.24) is 15.1 Å². The fourth-order valence-electron chi connectivity index (χ4n) is 3.20. The quantitative estimate of drug-likeness (QED) is 0.793. The van der Waals surface area contributed by atoms with Gasteiger partial charge in [0.05, 0.1) is 6.54 Å². The van der Waals surface area contributed by atoms with Gasteiger partial charge in [-0.05, 0) is 43.4 Å². The second-order valence-electron chi connectivity index (χ2n) is 7.43. The Morgan fingerprint density at radius 3 is 2.67 bits per heavy atom. The van der Waals surface area contributed by atoms with Crippen LogP contribution in [0, 0.1) is 6.92 Å². The Morgan fingerprint density at radius 1 is 1.19 bits per heavy atom. The van der Waals surface area contributed by atoms with Crippen molar-refractivity contribution in [2.45, 2.75) is 40.0 Å². The first-order chi connectivity index (χ1) is 12.9. The SMILES string of the molecule is CCNC(=O)CN1CCCN(C(=O)COc2cc(C(C)C)ccc2C)CC1. The van der Waals surface area contributed by atoms with Crippen LogP contribution in [-0.2, 0) is 9.59 Å². The average Bonchev–Trinajstić information content (AvgIpc) is 2.86. The van der Waals surface area contributed by atoms with Crippen molar-refractivity contribution in [2.24, 2.45) is 0 Å². The van der Waals surface area contributed by atoms with Crippen LogP contribution in [0.2, 0.25) is 0 Å². The highest BCUT2D eigenvalue weighted by Gasteiger charge is 2.21. The lowest BCUT2D eigenvalue weighted by molar-refractivity contribution is -0.133. The number of nitrogens with zero attached hydrogens (tertiary/aromatic N) is 2. The van der Waals surface area contributed by atoms with E-state index >= 15 is 0 Å². The van der Waals surface area contributed by atoms with Gasteiger partial charge in [-0.25, -0.2) is 0 Å². The number of rotatable bonds is 7. The van der Waals surface area contributed by atoms with Crippen LogP contribution in [0.25, 0.3) is 0 Å². The third-order valence-electron chi connectivity index (χ3n) is 4.91. The Morgan fingerprint density at radius 2 is 1.96 bits per heavy atom. The molecule has 0 bridgehead atoms. The van der Waals surface area contributed by atoms with Crippen molar-refractivity contribution in [1.29, 1.82) is 0 Å². The maximum absolute atomic E-state index is 12.6. The van der Waals surface area contributed by atoms with Gasteiger partial charge in [-0.1, -0.05) is 26.0 Å². The van der Waals surface area contributed by atoms with Gasteiger partial charge in [-0.2, -0.15) is 0 Å². The van der Waals surface area contributed by atoms with Gasteiger partial charge in [0.15, 0.2) is 6.61 Å². The lowest BCUT2D eigenvalue weighted by atomic mass is 10.0. The predicted octanol–water partition coefficient (Wildman–Crippen LogP) is 2.17. The number of hydrogen-bond donors (Lipinski definition) is 1. The van der Waals surface area contributed by atoms with Gasteiger partial charge in [-0.15, -0.1) is 0 Å². The van der Waals surface area contributed by atoms with Crippen LogP contribution in [0.5, 0.6) is 5.75 Å². The Bertz CT molecular complexity index is 646. The van der Waals surface area contributed by atoms with E-state index in [1.807, 2.05) is 30.9 Å². The molecule has 2 amide bonds. The second kappa shape index (κ2) is 10.3. The van der Waals surface area contributed by atoms with Crippen LogP contribution in [0.15, 0.2) is 18.2 Å². The summed E-state index contributed by atoms with van der Waals surface area (Å²) < 4.78 is 5.84. The molecule has 2 rings (SSSR count). The molecule has 6 nitrogen and oxygen atoms in total. The summed E-state index contributed by atoms with van der Waals surface area (Å²) in [5.74, 6) is 1.25. The molecule has 1 aromatic carbocycles. The van der Waals surface area contributed by atoms with Gasteiger partial charge in [-0.3, -0.25) is 14.5 Å². The van der Waals surface area contributed by atoms with Crippen molar-refractivity contribution in [2.75, 3.05) is 45.9 Å². The summed E-state index contributed by atoms with van der Waals surface area (Å²) in [4.78, 5) is 28.3. The molecule has 1 saturated heterocycles. The molecule has 1 aliphatic rings. The lowest BCUT2D eigenvalue weighted by Crippen LogP contribution is -2.40. The topological polar surface area (TPSA) is 61.9 Å². The fourth-order valence-corrected chi connectivity index (χ4v) is 3.20. The fraction of sp³-hybridized carbons (Fsp3) is 0.619. The van der Waals surface area contributed by atoms with E-state index in [9.17, 15) is 9.59 Å². The number of nitrogens with one attached hydrogen (secondary N) is 1. The maximum Gasteiger partial charge on any atom is 0.260 e. The number of benzene rings is 1. The Balaban J connectivity index is 1.86. The standard InChI is InChI=1S/C21H33N3O3/c1-5-22-20(25)14-23-9-6-10-24(12-11-23)21(26)15-27-19-13-18(16(2)3)8-7-17(19)4/h7-8,13,16H,5-6,9-12,14-15H2,1-4H3,(H,22,25). The molecular formula is C21H33N3O3. The molecule has 1 N–H and O–H groups in total. The zero-order valence-corrected chi connectivity index (χ0v) is 17.1. The van der Waals surface area contributed by atoms with E-state index in [2.05, 4.69) is 30.1 Å². The molecule has 0 aliphatic carbocycles. The molecule has 6 heteroatoms. The first-order valence-corrected chi connectivity index (χ1v) is 9.90. The van der Waals surface area contributed by atoms with E-state index in [-0.39, 0.29) is 18.4 Å². The van der Waals surface area contributed by atoms with Gasteiger partial charge in [0, 0.05) is 32.7 Å². The highest BCUT2D eigenvalue weighted by Crippen LogP contribution is 2.24. The van der Waals surface area contributed by atoms with Gasteiger partial charge >= 0.3 is 0 Å². The minimum atomic E-state index is 0.00390. The molecule has 1 aromatic rings. The van der Waals surface area contributed by atoms with Gasteiger partial charge in [0.1, 0.15) is 5.75 Å². The summed E-state index contributed by atoms with van der Waals surface area (Å²) >= 11 is 0. The highest BCUT2D eigenvalue weighted by molar-refractivity contribution is 5.78. The first-order valence-electron chi connectivity index (χ1n) is 9.90. The minimum Gasteiger partial charge on any atom is -0.483 e.